The first kappa shape index (κ1) is 12.8. The Hall–Kier alpha value is -0.870. The third-order valence-electron chi connectivity index (χ3n) is 5.24. The number of nitrogens with one attached hydrogen (secondary N) is 1. The Morgan fingerprint density at radius 2 is 2.00 bits per heavy atom. The molecular weight excluding hydrogens is 248 g/mol. The zero-order valence-corrected chi connectivity index (χ0v) is 12.6. The molecule has 0 amide bonds. The first-order valence-electron chi connectivity index (χ1n) is 8.28. The Labute approximate surface area is 121 Å². The molecule has 4 rings (SSSR count). The van der Waals surface area contributed by atoms with Crippen LogP contribution in [0.25, 0.3) is 0 Å². The summed E-state index contributed by atoms with van der Waals surface area (Å²) >= 11 is 0. The highest BCUT2D eigenvalue weighted by molar-refractivity contribution is 5.24. The van der Waals surface area contributed by atoms with Crippen LogP contribution in [0, 0.1) is 5.92 Å². The number of hydrogen-bond acceptors (Lipinski definition) is 3. The second-order valence-electron chi connectivity index (χ2n) is 6.92. The summed E-state index contributed by atoms with van der Waals surface area (Å²) in [5.74, 6) is 3.04. The lowest BCUT2D eigenvalue weighted by Crippen LogP contribution is -2.33. The van der Waals surface area contributed by atoms with Crippen LogP contribution in [0.15, 0.2) is 0 Å². The highest BCUT2D eigenvalue weighted by atomic mass is 15.1. The van der Waals surface area contributed by atoms with Crippen molar-refractivity contribution in [1.29, 1.82) is 0 Å². The third-order valence-corrected chi connectivity index (χ3v) is 5.24. The van der Waals surface area contributed by atoms with Crippen molar-refractivity contribution < 1.29 is 0 Å². The van der Waals surface area contributed by atoms with E-state index in [4.69, 9.17) is 4.98 Å². The zero-order valence-electron chi connectivity index (χ0n) is 12.6. The van der Waals surface area contributed by atoms with Crippen molar-refractivity contribution in [2.24, 2.45) is 5.92 Å². The molecule has 3 aliphatic rings. The predicted octanol–water partition coefficient (Wildman–Crippen LogP) is 1.75. The second kappa shape index (κ2) is 5.15. The van der Waals surface area contributed by atoms with Gasteiger partial charge in [0.05, 0.1) is 5.69 Å². The van der Waals surface area contributed by atoms with Gasteiger partial charge in [-0.15, -0.1) is 0 Å². The van der Waals surface area contributed by atoms with Crippen LogP contribution in [-0.4, -0.2) is 41.1 Å². The summed E-state index contributed by atoms with van der Waals surface area (Å²) < 4.78 is 2.63. The number of imidazole rings is 1. The largest absolute Gasteiger partial charge is 0.331 e. The van der Waals surface area contributed by atoms with Crippen molar-refractivity contribution >= 4 is 0 Å². The van der Waals surface area contributed by atoms with Gasteiger partial charge in [-0.2, -0.15) is 0 Å². The van der Waals surface area contributed by atoms with Crippen LogP contribution < -0.4 is 5.32 Å². The first-order chi connectivity index (χ1) is 9.81. The molecule has 2 aliphatic heterocycles. The van der Waals surface area contributed by atoms with Crippen LogP contribution in [0.3, 0.4) is 0 Å². The molecule has 110 valence electrons. The number of nitrogens with zero attached hydrogens (tertiary/aromatic N) is 3. The topological polar surface area (TPSA) is 33.1 Å². The lowest BCUT2D eigenvalue weighted by molar-refractivity contribution is 0.203. The SMILES string of the molecule is CN1CCC(Cn2c(C3CC3)nc3c2CCNC3)CC1. The minimum Gasteiger partial charge on any atom is -0.331 e. The van der Waals surface area contributed by atoms with Crippen LogP contribution in [0.2, 0.25) is 0 Å². The third kappa shape index (κ3) is 2.40. The van der Waals surface area contributed by atoms with Gasteiger partial charge in [0.1, 0.15) is 5.82 Å². The predicted molar refractivity (Wildman–Crippen MR) is 79.8 cm³/mol. The van der Waals surface area contributed by atoms with E-state index in [9.17, 15) is 0 Å². The lowest BCUT2D eigenvalue weighted by Gasteiger charge is -2.30. The molecule has 4 heteroatoms. The molecule has 1 N–H and O–H groups in total. The summed E-state index contributed by atoms with van der Waals surface area (Å²) in [6.45, 7) is 5.86. The molecule has 20 heavy (non-hydrogen) atoms. The molecule has 4 nitrogen and oxygen atoms in total. The maximum Gasteiger partial charge on any atom is 0.112 e. The fraction of sp³-hybridized carbons (Fsp3) is 0.812. The van der Waals surface area contributed by atoms with Crippen LogP contribution in [0.5, 0.6) is 0 Å². The van der Waals surface area contributed by atoms with Crippen LogP contribution in [-0.2, 0) is 19.5 Å². The highest BCUT2D eigenvalue weighted by Gasteiger charge is 2.32. The maximum atomic E-state index is 4.98. The minimum absolute atomic E-state index is 0.770. The summed E-state index contributed by atoms with van der Waals surface area (Å²) in [5.41, 5.74) is 2.88. The van der Waals surface area contributed by atoms with Crippen LogP contribution in [0.4, 0.5) is 0 Å². The van der Waals surface area contributed by atoms with Crippen LogP contribution >= 0.6 is 0 Å². The van der Waals surface area contributed by atoms with E-state index in [1.807, 2.05) is 0 Å². The van der Waals surface area contributed by atoms with Gasteiger partial charge in [-0.05, 0) is 51.7 Å². The summed E-state index contributed by atoms with van der Waals surface area (Å²) in [6.07, 6.45) is 6.59. The van der Waals surface area contributed by atoms with Gasteiger partial charge in [0.15, 0.2) is 0 Å². The molecule has 1 aliphatic carbocycles. The fourth-order valence-electron chi connectivity index (χ4n) is 3.75. The van der Waals surface area contributed by atoms with Gasteiger partial charge < -0.3 is 14.8 Å². The number of hydrogen-bond donors (Lipinski definition) is 1. The van der Waals surface area contributed by atoms with E-state index in [-0.39, 0.29) is 0 Å². The van der Waals surface area contributed by atoms with E-state index in [2.05, 4.69) is 21.8 Å². The van der Waals surface area contributed by atoms with Gasteiger partial charge in [-0.25, -0.2) is 4.98 Å². The number of fused-ring (bicyclic) bond motifs is 1. The summed E-state index contributed by atoms with van der Waals surface area (Å²) in [7, 11) is 2.25. The van der Waals surface area contributed by atoms with E-state index in [1.54, 1.807) is 5.69 Å². The van der Waals surface area contributed by atoms with Gasteiger partial charge in [0.25, 0.3) is 0 Å². The van der Waals surface area contributed by atoms with Crippen molar-refractivity contribution in [1.82, 2.24) is 19.8 Å². The lowest BCUT2D eigenvalue weighted by atomic mass is 9.96. The molecule has 2 fully saturated rings. The minimum atomic E-state index is 0.770. The summed E-state index contributed by atoms with van der Waals surface area (Å²) in [4.78, 5) is 7.45. The Balaban J connectivity index is 1.57. The van der Waals surface area contributed by atoms with Gasteiger partial charge in [0, 0.05) is 37.7 Å². The molecule has 1 saturated heterocycles. The zero-order chi connectivity index (χ0) is 13.5. The van der Waals surface area contributed by atoms with Gasteiger partial charge in [-0.1, -0.05) is 0 Å². The van der Waals surface area contributed by atoms with Gasteiger partial charge in [-0.3, -0.25) is 0 Å². The summed E-state index contributed by atoms with van der Waals surface area (Å²) in [5, 5.41) is 3.47. The van der Waals surface area contributed by atoms with Crippen molar-refractivity contribution in [3.05, 3.63) is 17.2 Å². The Bertz CT molecular complexity index is 481. The molecule has 1 saturated carbocycles. The fourth-order valence-corrected chi connectivity index (χ4v) is 3.75. The standard InChI is InChI=1S/C16H26N4/c1-19-8-5-12(6-9-19)11-20-15-4-7-17-10-14(15)18-16(20)13-2-3-13/h12-13,17H,2-11H2,1H3. The van der Waals surface area contributed by atoms with Gasteiger partial charge >= 0.3 is 0 Å². The van der Waals surface area contributed by atoms with Crippen LogP contribution in [0.1, 0.15) is 48.8 Å². The average molecular weight is 274 g/mol. The summed E-state index contributed by atoms with van der Waals surface area (Å²) in [6, 6.07) is 0. The Kier molecular flexibility index (Phi) is 3.31. The smallest absolute Gasteiger partial charge is 0.112 e. The monoisotopic (exact) mass is 274 g/mol. The van der Waals surface area contributed by atoms with Crippen molar-refractivity contribution in [2.45, 2.75) is 51.1 Å². The molecule has 0 aromatic carbocycles. The average Bonchev–Trinajstić information content (AvgIpc) is 3.25. The van der Waals surface area contributed by atoms with Crippen molar-refractivity contribution in [3.63, 3.8) is 0 Å². The van der Waals surface area contributed by atoms with Gasteiger partial charge in [0.2, 0.25) is 0 Å². The molecule has 0 bridgehead atoms. The van der Waals surface area contributed by atoms with E-state index in [0.29, 0.717) is 0 Å². The highest BCUT2D eigenvalue weighted by Crippen LogP contribution is 2.41. The molecule has 3 heterocycles. The quantitative estimate of drug-likeness (QED) is 0.911. The Morgan fingerprint density at radius 3 is 2.75 bits per heavy atom. The van der Waals surface area contributed by atoms with E-state index >= 15 is 0 Å². The number of piperidine rings is 1. The van der Waals surface area contributed by atoms with Crippen molar-refractivity contribution in [2.75, 3.05) is 26.7 Å². The van der Waals surface area contributed by atoms with Crippen molar-refractivity contribution in [3.8, 4) is 0 Å². The maximum absolute atomic E-state index is 4.98. The number of rotatable bonds is 3. The second-order valence-corrected chi connectivity index (χ2v) is 6.92. The molecular formula is C16H26N4. The van der Waals surface area contributed by atoms with E-state index in [0.717, 1.165) is 24.9 Å². The molecule has 0 spiro atoms. The molecule has 0 unspecified atom stereocenters. The molecule has 0 atom stereocenters. The number of likely N-dealkylation sites (tertiary alicyclic amines) is 1. The van der Waals surface area contributed by atoms with E-state index in [1.165, 1.54) is 63.3 Å². The number of aromatic nitrogens is 2. The first-order valence-corrected chi connectivity index (χ1v) is 8.28. The Morgan fingerprint density at radius 1 is 1.20 bits per heavy atom. The molecule has 0 radical (unpaired) electrons. The van der Waals surface area contributed by atoms with E-state index < -0.39 is 0 Å². The molecule has 1 aromatic rings. The molecule has 1 aromatic heterocycles. The normalized spacial score (nSPS) is 24.9.